The lowest BCUT2D eigenvalue weighted by atomic mass is 9.88. The van der Waals surface area contributed by atoms with Gasteiger partial charge in [-0.2, -0.15) is 0 Å². The van der Waals surface area contributed by atoms with Crippen LogP contribution in [0.25, 0.3) is 0 Å². The van der Waals surface area contributed by atoms with Crippen molar-refractivity contribution < 1.29 is 29.6 Å². The van der Waals surface area contributed by atoms with E-state index in [1.165, 1.54) is 25.7 Å². The van der Waals surface area contributed by atoms with Crippen LogP contribution in [0.15, 0.2) is 12.2 Å². The molecule has 1 aliphatic heterocycles. The number of fused-ring (bicyclic) bond motifs is 1. The number of hydrogen-bond donors (Lipinski definition) is 3. The Morgan fingerprint density at radius 2 is 1.87 bits per heavy atom. The van der Waals surface area contributed by atoms with Gasteiger partial charge in [-0.05, 0) is 70.1 Å². The molecule has 0 bridgehead atoms. The van der Waals surface area contributed by atoms with Gasteiger partial charge in [-0.3, -0.25) is 0 Å². The predicted octanol–water partition coefficient (Wildman–Crippen LogP) is 4.24. The zero-order valence-electron chi connectivity index (χ0n) is 18.8. The molecule has 1 saturated heterocycles. The van der Waals surface area contributed by atoms with Gasteiger partial charge in [-0.15, -0.1) is 0 Å². The van der Waals surface area contributed by atoms with E-state index in [0.717, 1.165) is 25.7 Å². The summed E-state index contributed by atoms with van der Waals surface area (Å²) in [5.74, 6) is -2.90. The molecular weight excluding hydrogens is 384 g/mol. The third-order valence-electron chi connectivity index (χ3n) is 7.14. The van der Waals surface area contributed by atoms with Gasteiger partial charge < -0.3 is 24.8 Å². The summed E-state index contributed by atoms with van der Waals surface area (Å²) in [6, 6.07) is 0. The lowest BCUT2D eigenvalue weighted by Gasteiger charge is -2.25. The van der Waals surface area contributed by atoms with Crippen LogP contribution in [0, 0.1) is 23.7 Å². The number of aliphatic hydroxyl groups is 2. The molecule has 6 heteroatoms. The van der Waals surface area contributed by atoms with Crippen molar-refractivity contribution in [3.63, 3.8) is 0 Å². The molecule has 1 heterocycles. The molecule has 172 valence electrons. The molecule has 0 aromatic rings. The van der Waals surface area contributed by atoms with Crippen molar-refractivity contribution in [2.24, 2.45) is 23.7 Å². The van der Waals surface area contributed by atoms with Gasteiger partial charge in [0.05, 0.1) is 12.2 Å². The minimum absolute atomic E-state index is 0.110. The Hall–Kier alpha value is -0.950. The van der Waals surface area contributed by atoms with E-state index in [0.29, 0.717) is 30.1 Å². The molecule has 0 radical (unpaired) electrons. The normalized spacial score (nSPS) is 35.1. The van der Waals surface area contributed by atoms with E-state index < -0.39 is 17.5 Å². The van der Waals surface area contributed by atoms with Crippen molar-refractivity contribution in [1.29, 1.82) is 0 Å². The molecule has 0 aromatic carbocycles. The minimum atomic E-state index is -2.60. The van der Waals surface area contributed by atoms with Gasteiger partial charge in [0.25, 0.3) is 5.79 Å². The Labute approximate surface area is 180 Å². The molecule has 2 aliphatic carbocycles. The van der Waals surface area contributed by atoms with Crippen LogP contribution in [0.1, 0.15) is 85.0 Å². The first-order chi connectivity index (χ1) is 14.1. The van der Waals surface area contributed by atoms with Gasteiger partial charge in [0.2, 0.25) is 0 Å². The minimum Gasteiger partial charge on any atom is -0.477 e. The average Bonchev–Trinajstić information content (AvgIpc) is 3.24. The smallest absolute Gasteiger partial charge is 0.364 e. The van der Waals surface area contributed by atoms with Crippen LogP contribution in [0.3, 0.4) is 0 Å². The van der Waals surface area contributed by atoms with E-state index >= 15 is 0 Å². The Balaban J connectivity index is 1.52. The van der Waals surface area contributed by atoms with Crippen LogP contribution in [-0.4, -0.2) is 45.1 Å². The van der Waals surface area contributed by atoms with Crippen LogP contribution in [-0.2, 0) is 14.3 Å². The van der Waals surface area contributed by atoms with E-state index in [9.17, 15) is 15.0 Å². The fourth-order valence-electron chi connectivity index (χ4n) is 5.39. The number of unbranched alkanes of at least 4 members (excludes halogenated alkanes) is 4. The second-order valence-electron chi connectivity index (χ2n) is 10.1. The highest BCUT2D eigenvalue weighted by Crippen LogP contribution is 2.53. The molecule has 3 aliphatic rings. The largest absolute Gasteiger partial charge is 0.477 e. The van der Waals surface area contributed by atoms with Gasteiger partial charge in [0, 0.05) is 12.3 Å². The molecule has 6 atom stereocenters. The van der Waals surface area contributed by atoms with Crippen molar-refractivity contribution in [1.82, 2.24) is 0 Å². The van der Waals surface area contributed by atoms with E-state index in [2.05, 4.69) is 19.1 Å². The first-order valence-corrected chi connectivity index (χ1v) is 11.8. The molecule has 0 amide bonds. The van der Waals surface area contributed by atoms with Crippen LogP contribution >= 0.6 is 0 Å². The summed E-state index contributed by atoms with van der Waals surface area (Å²) in [6.45, 7) is 6.20. The van der Waals surface area contributed by atoms with E-state index in [4.69, 9.17) is 14.6 Å². The summed E-state index contributed by atoms with van der Waals surface area (Å²) in [6.07, 6.45) is 14.7. The van der Waals surface area contributed by atoms with E-state index in [1.807, 2.05) is 13.8 Å². The summed E-state index contributed by atoms with van der Waals surface area (Å²) in [5.41, 5.74) is 0. The van der Waals surface area contributed by atoms with Gasteiger partial charge in [0.1, 0.15) is 0 Å². The maximum absolute atomic E-state index is 10.9. The van der Waals surface area contributed by atoms with Gasteiger partial charge in [-0.1, -0.05) is 38.3 Å². The fourth-order valence-corrected chi connectivity index (χ4v) is 5.39. The van der Waals surface area contributed by atoms with Crippen LogP contribution in [0.5, 0.6) is 0 Å². The van der Waals surface area contributed by atoms with Crippen LogP contribution < -0.4 is 0 Å². The Bertz CT molecular complexity index is 613. The highest BCUT2D eigenvalue weighted by molar-refractivity contribution is 5.74. The van der Waals surface area contributed by atoms with Crippen molar-refractivity contribution >= 4 is 5.97 Å². The summed E-state index contributed by atoms with van der Waals surface area (Å²) in [4.78, 5) is 10.9. The standard InChI is InChI=1S/C24H40O6/c1-4-5-6-7-8-9-10-19-18(15-20-21(19)30-23(2,3)29-20)14-17-13-16(17)11-12-24(27,28)22(25)26/h9-10,16-21,27-28H,4-8,11-15H2,1-3H3,(H,25,26)/t16?,17?,18-,19+,20+,21-/m0/s1. The first-order valence-electron chi connectivity index (χ1n) is 11.8. The predicted molar refractivity (Wildman–Crippen MR) is 114 cm³/mol. The monoisotopic (exact) mass is 424 g/mol. The number of ether oxygens (including phenoxy) is 2. The van der Waals surface area contributed by atoms with E-state index in [-0.39, 0.29) is 18.6 Å². The lowest BCUT2D eigenvalue weighted by Crippen LogP contribution is -2.38. The number of allylic oxidation sites excluding steroid dienone is 1. The molecule has 3 N–H and O–H groups in total. The quantitative estimate of drug-likeness (QED) is 0.246. The number of rotatable bonds is 12. The molecule has 30 heavy (non-hydrogen) atoms. The number of carboxylic acids is 1. The number of carbonyl (C=O) groups is 1. The second-order valence-corrected chi connectivity index (χ2v) is 10.1. The van der Waals surface area contributed by atoms with Crippen molar-refractivity contribution in [3.8, 4) is 0 Å². The highest BCUT2D eigenvalue weighted by Gasteiger charge is 2.54. The second kappa shape index (κ2) is 9.68. The van der Waals surface area contributed by atoms with Gasteiger partial charge in [0.15, 0.2) is 5.79 Å². The summed E-state index contributed by atoms with van der Waals surface area (Å²) in [7, 11) is 0. The zero-order chi connectivity index (χ0) is 21.9. The molecule has 2 saturated carbocycles. The molecule has 3 rings (SSSR count). The Kier molecular flexibility index (Phi) is 7.65. The molecule has 3 fully saturated rings. The average molecular weight is 425 g/mol. The van der Waals surface area contributed by atoms with Crippen LogP contribution in [0.2, 0.25) is 0 Å². The van der Waals surface area contributed by atoms with Crippen molar-refractivity contribution in [3.05, 3.63) is 12.2 Å². The first kappa shape index (κ1) is 23.7. The zero-order valence-corrected chi connectivity index (χ0v) is 18.8. The molecule has 0 aromatic heterocycles. The SMILES string of the molecule is CCCCCCC=C[C@@H]1[C@@H](CC2CC2CCC(O)(O)C(=O)O)C[C@H]2OC(C)(C)O[C@@H]12. The lowest BCUT2D eigenvalue weighted by molar-refractivity contribution is -0.206. The van der Waals surface area contributed by atoms with Crippen molar-refractivity contribution in [2.75, 3.05) is 0 Å². The summed E-state index contributed by atoms with van der Waals surface area (Å²) in [5, 5.41) is 27.9. The highest BCUT2D eigenvalue weighted by atomic mass is 16.8. The number of carboxylic acid groups (broad SMARTS) is 1. The molecular formula is C24H40O6. The van der Waals surface area contributed by atoms with Crippen LogP contribution in [0.4, 0.5) is 0 Å². The third kappa shape index (κ3) is 6.06. The van der Waals surface area contributed by atoms with E-state index in [1.54, 1.807) is 0 Å². The van der Waals surface area contributed by atoms with Gasteiger partial charge in [-0.25, -0.2) is 4.79 Å². The maximum atomic E-state index is 10.9. The molecule has 0 spiro atoms. The Morgan fingerprint density at radius 3 is 2.57 bits per heavy atom. The topological polar surface area (TPSA) is 96.2 Å². The number of hydrogen-bond acceptors (Lipinski definition) is 5. The summed E-state index contributed by atoms with van der Waals surface area (Å²) >= 11 is 0. The Morgan fingerprint density at radius 1 is 1.10 bits per heavy atom. The molecule has 6 nitrogen and oxygen atoms in total. The number of aliphatic carboxylic acids is 1. The maximum Gasteiger partial charge on any atom is 0.364 e. The third-order valence-corrected chi connectivity index (χ3v) is 7.14. The van der Waals surface area contributed by atoms with Crippen molar-refractivity contribution in [2.45, 2.75) is 109 Å². The van der Waals surface area contributed by atoms with Gasteiger partial charge >= 0.3 is 5.97 Å². The fraction of sp³-hybridized carbons (Fsp3) is 0.875. The molecule has 2 unspecified atom stereocenters. The summed E-state index contributed by atoms with van der Waals surface area (Å²) < 4.78 is 12.4.